The molecule has 4 atom stereocenters. The van der Waals surface area contributed by atoms with Crippen LogP contribution in [0.1, 0.15) is 5.56 Å². The zero-order valence-electron chi connectivity index (χ0n) is 11.9. The van der Waals surface area contributed by atoms with Crippen molar-refractivity contribution in [3.63, 3.8) is 0 Å². The van der Waals surface area contributed by atoms with E-state index in [0.717, 1.165) is 5.56 Å². The van der Waals surface area contributed by atoms with Crippen molar-refractivity contribution in [3.05, 3.63) is 32.8 Å². The van der Waals surface area contributed by atoms with Gasteiger partial charge in [-0.3, -0.25) is 4.99 Å². The van der Waals surface area contributed by atoms with Gasteiger partial charge in [0.05, 0.1) is 40.3 Å². The van der Waals surface area contributed by atoms with Crippen LogP contribution in [0.4, 0.5) is 0 Å². The molecule has 2 aliphatic heterocycles. The molecule has 5 nitrogen and oxygen atoms in total. The number of nitrogens with zero attached hydrogens (tertiary/aromatic N) is 2. The molecule has 0 amide bonds. The van der Waals surface area contributed by atoms with Crippen LogP contribution >= 0.6 is 46.6 Å². The number of rotatable bonds is 3. The van der Waals surface area contributed by atoms with Gasteiger partial charge in [-0.05, 0) is 17.7 Å². The van der Waals surface area contributed by atoms with E-state index >= 15 is 0 Å². The first-order valence-corrected chi connectivity index (χ1v) is 9.12. The van der Waals surface area contributed by atoms with Crippen molar-refractivity contribution in [2.24, 2.45) is 4.99 Å². The van der Waals surface area contributed by atoms with Gasteiger partial charge in [0.1, 0.15) is 12.2 Å². The number of aliphatic hydroxyl groups excluding tert-OH is 3. The molecule has 0 aromatic heterocycles. The van der Waals surface area contributed by atoms with Crippen LogP contribution in [0, 0.1) is 0 Å². The number of aliphatic imine (C=N–C) groups is 1. The number of halogens is 3. The lowest BCUT2D eigenvalue weighted by atomic mass is 10.1. The van der Waals surface area contributed by atoms with Crippen molar-refractivity contribution in [1.29, 1.82) is 0 Å². The lowest BCUT2D eigenvalue weighted by Gasteiger charge is -2.24. The van der Waals surface area contributed by atoms with Crippen LogP contribution in [-0.2, 0) is 6.54 Å². The third kappa shape index (κ3) is 3.18. The molecule has 2 fully saturated rings. The molecule has 23 heavy (non-hydrogen) atoms. The van der Waals surface area contributed by atoms with Crippen molar-refractivity contribution in [2.75, 3.05) is 12.4 Å². The fraction of sp³-hybridized carbons (Fsp3) is 0.500. The second-order valence-corrected chi connectivity index (χ2v) is 7.67. The second-order valence-electron chi connectivity index (χ2n) is 5.49. The standard InChI is InChI=1S/C14H15Cl3N2O3S/c15-7-1-6(2-8(16)11(7)17)3-18-14-19-9(4-20)12(21)13(22)10(19)5-23-14/h1-2,9-10,12-13,20-22H,3-5H2/t9-,10-,12-,13-/m0/s1. The molecule has 0 unspecified atom stereocenters. The summed E-state index contributed by atoms with van der Waals surface area (Å²) in [4.78, 5) is 6.33. The van der Waals surface area contributed by atoms with Crippen LogP contribution in [0.15, 0.2) is 17.1 Å². The summed E-state index contributed by atoms with van der Waals surface area (Å²) in [6.07, 6.45) is -1.86. The Labute approximate surface area is 152 Å². The molecule has 0 aliphatic carbocycles. The van der Waals surface area contributed by atoms with Crippen LogP contribution in [0.25, 0.3) is 0 Å². The Balaban J connectivity index is 1.81. The Kier molecular flexibility index (Phi) is 5.33. The van der Waals surface area contributed by atoms with Crippen LogP contribution in [0.5, 0.6) is 0 Å². The van der Waals surface area contributed by atoms with Crippen molar-refractivity contribution in [3.8, 4) is 0 Å². The number of thioether (sulfide) groups is 1. The van der Waals surface area contributed by atoms with E-state index < -0.39 is 18.2 Å². The smallest absolute Gasteiger partial charge is 0.160 e. The molecule has 3 rings (SSSR count). The number of hydrogen-bond acceptors (Lipinski definition) is 5. The SMILES string of the molecule is OC[C@H]1[C@H](O)[C@@H](O)[C@@H]2CSC(=NCc3cc(Cl)c(Cl)c(Cl)c3)N12. The van der Waals surface area contributed by atoms with Gasteiger partial charge < -0.3 is 20.2 Å². The van der Waals surface area contributed by atoms with E-state index in [1.165, 1.54) is 11.8 Å². The third-order valence-electron chi connectivity index (χ3n) is 4.08. The summed E-state index contributed by atoms with van der Waals surface area (Å²) in [6.45, 7) is 0.0966. The number of benzene rings is 1. The Morgan fingerprint density at radius 2 is 1.83 bits per heavy atom. The summed E-state index contributed by atoms with van der Waals surface area (Å²) in [5, 5.41) is 31.3. The van der Waals surface area contributed by atoms with Crippen molar-refractivity contribution in [2.45, 2.75) is 30.8 Å². The lowest BCUT2D eigenvalue weighted by molar-refractivity contribution is 0.0206. The maximum Gasteiger partial charge on any atom is 0.160 e. The molecule has 0 saturated carbocycles. The molecule has 0 radical (unpaired) electrons. The van der Waals surface area contributed by atoms with Gasteiger partial charge >= 0.3 is 0 Å². The van der Waals surface area contributed by atoms with E-state index in [2.05, 4.69) is 4.99 Å². The van der Waals surface area contributed by atoms with Crippen LogP contribution in [-0.4, -0.2) is 62.0 Å². The first kappa shape index (κ1) is 17.6. The van der Waals surface area contributed by atoms with E-state index in [0.29, 0.717) is 32.5 Å². The molecule has 2 saturated heterocycles. The predicted octanol–water partition coefficient (Wildman–Crippen LogP) is 2.02. The minimum absolute atomic E-state index is 0.233. The number of hydrogen-bond donors (Lipinski definition) is 3. The Bertz CT molecular complexity index is 621. The first-order chi connectivity index (χ1) is 10.9. The monoisotopic (exact) mass is 396 g/mol. The van der Waals surface area contributed by atoms with Gasteiger partial charge in [0.25, 0.3) is 0 Å². The Morgan fingerprint density at radius 1 is 1.17 bits per heavy atom. The maximum atomic E-state index is 10.1. The zero-order valence-corrected chi connectivity index (χ0v) is 14.9. The highest BCUT2D eigenvalue weighted by atomic mass is 35.5. The summed E-state index contributed by atoms with van der Waals surface area (Å²) >= 11 is 19.4. The van der Waals surface area contributed by atoms with Crippen LogP contribution in [0.2, 0.25) is 15.1 Å². The Hall–Kier alpha value is -0.210. The maximum absolute atomic E-state index is 10.1. The highest BCUT2D eigenvalue weighted by Crippen LogP contribution is 2.37. The average Bonchev–Trinajstić information content (AvgIpc) is 3.03. The first-order valence-electron chi connectivity index (χ1n) is 7.00. The lowest BCUT2D eigenvalue weighted by Crippen LogP contribution is -2.41. The fourth-order valence-electron chi connectivity index (χ4n) is 2.91. The predicted molar refractivity (Wildman–Crippen MR) is 93.6 cm³/mol. The summed E-state index contributed by atoms with van der Waals surface area (Å²) in [5.41, 5.74) is 0.807. The van der Waals surface area contributed by atoms with Crippen LogP contribution in [0.3, 0.4) is 0 Å². The topological polar surface area (TPSA) is 76.3 Å². The van der Waals surface area contributed by atoms with E-state index in [1.54, 1.807) is 17.0 Å². The zero-order chi connectivity index (χ0) is 16.7. The molecular formula is C14H15Cl3N2O3S. The molecule has 2 aliphatic rings. The fourth-order valence-corrected chi connectivity index (χ4v) is 4.80. The molecular weight excluding hydrogens is 383 g/mol. The molecule has 0 bridgehead atoms. The quantitative estimate of drug-likeness (QED) is 0.680. The molecule has 2 heterocycles. The summed E-state index contributed by atoms with van der Waals surface area (Å²) in [6, 6.07) is 2.63. The summed E-state index contributed by atoms with van der Waals surface area (Å²) < 4.78 is 0. The van der Waals surface area contributed by atoms with E-state index in [9.17, 15) is 15.3 Å². The summed E-state index contributed by atoms with van der Waals surface area (Å²) in [7, 11) is 0. The average molecular weight is 398 g/mol. The van der Waals surface area contributed by atoms with Crippen molar-refractivity contribution >= 4 is 51.7 Å². The minimum Gasteiger partial charge on any atom is -0.394 e. The molecule has 1 aromatic carbocycles. The van der Waals surface area contributed by atoms with Crippen LogP contribution < -0.4 is 0 Å². The van der Waals surface area contributed by atoms with Crippen molar-refractivity contribution < 1.29 is 15.3 Å². The van der Waals surface area contributed by atoms with Gasteiger partial charge in [-0.1, -0.05) is 46.6 Å². The van der Waals surface area contributed by atoms with Gasteiger partial charge in [0, 0.05) is 5.75 Å². The van der Waals surface area contributed by atoms with Gasteiger partial charge in [0.2, 0.25) is 0 Å². The van der Waals surface area contributed by atoms with Gasteiger partial charge in [-0.2, -0.15) is 0 Å². The van der Waals surface area contributed by atoms with Crippen molar-refractivity contribution in [1.82, 2.24) is 4.90 Å². The molecule has 3 N–H and O–H groups in total. The third-order valence-corrected chi connectivity index (χ3v) is 6.39. The minimum atomic E-state index is -0.976. The second kappa shape index (κ2) is 6.96. The summed E-state index contributed by atoms with van der Waals surface area (Å²) in [5.74, 6) is 0.621. The highest BCUT2D eigenvalue weighted by Gasteiger charge is 2.51. The number of fused-ring (bicyclic) bond motifs is 1. The normalized spacial score (nSPS) is 31.9. The number of aliphatic hydroxyl groups is 3. The largest absolute Gasteiger partial charge is 0.394 e. The van der Waals surface area contributed by atoms with Gasteiger partial charge in [-0.15, -0.1) is 0 Å². The molecule has 126 valence electrons. The number of amidine groups is 1. The van der Waals surface area contributed by atoms with E-state index in [1.807, 2.05) is 0 Å². The molecule has 0 spiro atoms. The molecule has 1 aromatic rings. The highest BCUT2D eigenvalue weighted by molar-refractivity contribution is 8.14. The van der Waals surface area contributed by atoms with Gasteiger partial charge in [0.15, 0.2) is 5.17 Å². The Morgan fingerprint density at radius 3 is 2.43 bits per heavy atom. The molecule has 9 heteroatoms. The van der Waals surface area contributed by atoms with E-state index in [-0.39, 0.29) is 12.6 Å². The van der Waals surface area contributed by atoms with E-state index in [4.69, 9.17) is 34.8 Å². The van der Waals surface area contributed by atoms with Gasteiger partial charge in [-0.25, -0.2) is 0 Å².